The lowest BCUT2D eigenvalue weighted by molar-refractivity contribution is 0.461. The van der Waals surface area contributed by atoms with Gasteiger partial charge in [0.15, 0.2) is 0 Å². The molecule has 0 radical (unpaired) electrons. The minimum Gasteiger partial charge on any atom is -0.320 e. The first kappa shape index (κ1) is 17.2. The summed E-state index contributed by atoms with van der Waals surface area (Å²) in [6, 6.07) is 1.92. The fraction of sp³-hybridized carbons (Fsp3) is 0.571. The van der Waals surface area contributed by atoms with Crippen molar-refractivity contribution in [2.24, 2.45) is 11.7 Å². The molecule has 112 valence electrons. The summed E-state index contributed by atoms with van der Waals surface area (Å²) in [5.74, 6) is 6.33. The number of hydrogen-bond donors (Lipinski definition) is 1. The van der Waals surface area contributed by atoms with Gasteiger partial charge in [-0.1, -0.05) is 25.7 Å². The zero-order chi connectivity index (χ0) is 15.2. The van der Waals surface area contributed by atoms with Gasteiger partial charge >= 0.3 is 0 Å². The van der Waals surface area contributed by atoms with Gasteiger partial charge in [0.2, 0.25) is 10.0 Å². The Labute approximate surface area is 126 Å². The Balaban J connectivity index is 2.65. The van der Waals surface area contributed by atoms with Crippen LogP contribution in [0.4, 0.5) is 0 Å². The largest absolute Gasteiger partial charge is 0.320 e. The Morgan fingerprint density at radius 3 is 2.75 bits per heavy atom. The third-order valence-corrected chi connectivity index (χ3v) is 5.53. The van der Waals surface area contributed by atoms with Crippen LogP contribution in [-0.4, -0.2) is 32.1 Å². The molecule has 1 aromatic rings. The molecule has 0 unspecified atom stereocenters. The summed E-state index contributed by atoms with van der Waals surface area (Å²) in [5.41, 5.74) is 6.29. The normalized spacial score (nSPS) is 11.7. The quantitative estimate of drug-likeness (QED) is 0.815. The molecule has 0 saturated heterocycles. The van der Waals surface area contributed by atoms with E-state index in [9.17, 15) is 8.42 Å². The average molecular weight is 314 g/mol. The van der Waals surface area contributed by atoms with Gasteiger partial charge in [-0.3, -0.25) is 0 Å². The SMILES string of the molecule is CC(C)CCS(=O)(=O)N(C)Cc1csc(C#CCN)c1. The van der Waals surface area contributed by atoms with Crippen LogP contribution in [0.25, 0.3) is 0 Å². The van der Waals surface area contributed by atoms with Crippen LogP contribution >= 0.6 is 11.3 Å². The molecule has 0 aromatic carbocycles. The summed E-state index contributed by atoms with van der Waals surface area (Å²) in [6.07, 6.45) is 0.684. The summed E-state index contributed by atoms with van der Waals surface area (Å²) in [6.45, 7) is 4.77. The highest BCUT2D eigenvalue weighted by Gasteiger charge is 2.18. The number of rotatable bonds is 6. The summed E-state index contributed by atoms with van der Waals surface area (Å²) < 4.78 is 25.6. The number of hydrogen-bond acceptors (Lipinski definition) is 4. The summed E-state index contributed by atoms with van der Waals surface area (Å²) >= 11 is 1.51. The molecule has 2 N–H and O–H groups in total. The van der Waals surface area contributed by atoms with E-state index in [1.807, 2.05) is 25.3 Å². The first-order chi connectivity index (χ1) is 9.35. The van der Waals surface area contributed by atoms with Crippen LogP contribution in [0.2, 0.25) is 0 Å². The molecular formula is C14H22N2O2S2. The second kappa shape index (κ2) is 7.79. The monoisotopic (exact) mass is 314 g/mol. The number of thiophene rings is 1. The Morgan fingerprint density at radius 2 is 2.15 bits per heavy atom. The van der Waals surface area contributed by atoms with Gasteiger partial charge in [-0.25, -0.2) is 12.7 Å². The van der Waals surface area contributed by atoms with Crippen molar-refractivity contribution in [3.63, 3.8) is 0 Å². The highest BCUT2D eigenvalue weighted by molar-refractivity contribution is 7.89. The van der Waals surface area contributed by atoms with Crippen LogP contribution in [0.15, 0.2) is 11.4 Å². The van der Waals surface area contributed by atoms with Crippen molar-refractivity contribution >= 4 is 21.4 Å². The van der Waals surface area contributed by atoms with Crippen LogP contribution < -0.4 is 5.73 Å². The third kappa shape index (κ3) is 5.63. The number of sulfonamides is 1. The van der Waals surface area contributed by atoms with E-state index in [1.165, 1.54) is 15.6 Å². The first-order valence-electron chi connectivity index (χ1n) is 6.55. The molecule has 1 heterocycles. The lowest BCUT2D eigenvalue weighted by atomic mass is 10.2. The van der Waals surface area contributed by atoms with Gasteiger partial charge in [0.1, 0.15) is 0 Å². The third-order valence-electron chi connectivity index (χ3n) is 2.80. The molecule has 20 heavy (non-hydrogen) atoms. The van der Waals surface area contributed by atoms with E-state index in [0.717, 1.165) is 10.4 Å². The molecule has 4 nitrogen and oxygen atoms in total. The minimum atomic E-state index is -3.18. The lowest BCUT2D eigenvalue weighted by Crippen LogP contribution is -2.29. The van der Waals surface area contributed by atoms with Crippen molar-refractivity contribution in [2.45, 2.75) is 26.8 Å². The maximum atomic E-state index is 12.1. The van der Waals surface area contributed by atoms with Gasteiger partial charge in [0, 0.05) is 13.6 Å². The molecular weight excluding hydrogens is 292 g/mol. The maximum absolute atomic E-state index is 12.1. The fourth-order valence-electron chi connectivity index (χ4n) is 1.56. The Bertz CT molecular complexity index is 580. The molecule has 0 saturated carbocycles. The van der Waals surface area contributed by atoms with Crippen LogP contribution in [0.3, 0.4) is 0 Å². The van der Waals surface area contributed by atoms with Gasteiger partial charge in [0.05, 0.1) is 17.2 Å². The average Bonchev–Trinajstić information content (AvgIpc) is 2.81. The molecule has 0 aliphatic heterocycles. The Hall–Kier alpha value is -0.870. The second-order valence-corrected chi connectivity index (χ2v) is 8.19. The second-order valence-electron chi connectivity index (χ2n) is 5.08. The highest BCUT2D eigenvalue weighted by atomic mass is 32.2. The molecule has 0 atom stereocenters. The van der Waals surface area contributed by atoms with Crippen molar-refractivity contribution in [3.05, 3.63) is 21.9 Å². The summed E-state index contributed by atoms with van der Waals surface area (Å²) in [5, 5.41) is 1.94. The molecule has 0 spiro atoms. The van der Waals surface area contributed by atoms with Gasteiger partial charge in [-0.05, 0) is 29.3 Å². The van der Waals surface area contributed by atoms with E-state index in [1.54, 1.807) is 7.05 Å². The fourth-order valence-corrected chi connectivity index (χ4v) is 3.76. The molecule has 0 aliphatic rings. The van der Waals surface area contributed by atoms with Crippen molar-refractivity contribution in [1.29, 1.82) is 0 Å². The van der Waals surface area contributed by atoms with Crippen molar-refractivity contribution in [1.82, 2.24) is 4.31 Å². The van der Waals surface area contributed by atoms with E-state index in [-0.39, 0.29) is 5.75 Å². The van der Waals surface area contributed by atoms with Gasteiger partial charge in [0.25, 0.3) is 0 Å². The number of nitrogens with two attached hydrogens (primary N) is 1. The molecule has 0 amide bonds. The topological polar surface area (TPSA) is 63.4 Å². The first-order valence-corrected chi connectivity index (χ1v) is 9.04. The van der Waals surface area contributed by atoms with Gasteiger partial charge in [-0.15, -0.1) is 11.3 Å². The van der Waals surface area contributed by atoms with Gasteiger partial charge < -0.3 is 5.73 Å². The Morgan fingerprint density at radius 1 is 1.45 bits per heavy atom. The van der Waals surface area contributed by atoms with Crippen LogP contribution in [0.5, 0.6) is 0 Å². The Kier molecular flexibility index (Phi) is 6.69. The summed E-state index contributed by atoms with van der Waals surface area (Å²) in [4.78, 5) is 0.915. The van der Waals surface area contributed by atoms with E-state index in [2.05, 4.69) is 11.8 Å². The van der Waals surface area contributed by atoms with E-state index in [4.69, 9.17) is 5.73 Å². The number of nitrogens with zero attached hydrogens (tertiary/aromatic N) is 1. The summed E-state index contributed by atoms with van der Waals surface area (Å²) in [7, 11) is -1.56. The highest BCUT2D eigenvalue weighted by Crippen LogP contribution is 2.17. The predicted molar refractivity (Wildman–Crippen MR) is 85.0 cm³/mol. The van der Waals surface area contributed by atoms with Crippen LogP contribution in [-0.2, 0) is 16.6 Å². The molecule has 0 bridgehead atoms. The van der Waals surface area contributed by atoms with Crippen molar-refractivity contribution in [2.75, 3.05) is 19.3 Å². The standard InChI is InChI=1S/C14H22N2O2S2/c1-12(2)6-8-20(17,18)16(3)10-13-9-14(19-11-13)5-4-7-15/h9,11-12H,6-8,10,15H2,1-3H3. The van der Waals surface area contributed by atoms with Crippen LogP contribution in [0.1, 0.15) is 30.7 Å². The van der Waals surface area contributed by atoms with E-state index < -0.39 is 10.0 Å². The minimum absolute atomic E-state index is 0.200. The van der Waals surface area contributed by atoms with Crippen LogP contribution in [0, 0.1) is 17.8 Å². The lowest BCUT2D eigenvalue weighted by Gasteiger charge is -2.17. The van der Waals surface area contributed by atoms with E-state index >= 15 is 0 Å². The molecule has 1 rings (SSSR count). The molecule has 6 heteroatoms. The smallest absolute Gasteiger partial charge is 0.214 e. The maximum Gasteiger partial charge on any atom is 0.214 e. The van der Waals surface area contributed by atoms with Gasteiger partial charge in [-0.2, -0.15) is 0 Å². The zero-order valence-corrected chi connectivity index (χ0v) is 13.9. The van der Waals surface area contributed by atoms with Crippen molar-refractivity contribution in [3.8, 4) is 11.8 Å². The van der Waals surface area contributed by atoms with Crippen molar-refractivity contribution < 1.29 is 8.42 Å². The molecule has 1 aromatic heterocycles. The van der Waals surface area contributed by atoms with E-state index in [0.29, 0.717) is 25.4 Å². The zero-order valence-electron chi connectivity index (χ0n) is 12.2. The molecule has 0 fully saturated rings. The molecule has 0 aliphatic carbocycles. The predicted octanol–water partition coefficient (Wildman–Crippen LogP) is 1.87.